The van der Waals surface area contributed by atoms with Gasteiger partial charge in [-0.05, 0) is 43.4 Å². The summed E-state index contributed by atoms with van der Waals surface area (Å²) in [5, 5.41) is 4.48. The van der Waals surface area contributed by atoms with E-state index in [0.717, 1.165) is 29.9 Å². The Kier molecular flexibility index (Phi) is 4.61. The molecule has 2 rings (SSSR count). The van der Waals surface area contributed by atoms with Gasteiger partial charge in [0.15, 0.2) is 0 Å². The zero-order chi connectivity index (χ0) is 14.7. The maximum absolute atomic E-state index is 6.44. The van der Waals surface area contributed by atoms with E-state index in [1.54, 1.807) is 0 Å². The van der Waals surface area contributed by atoms with Gasteiger partial charge in [-0.1, -0.05) is 38.1 Å². The predicted octanol–water partition coefficient (Wildman–Crippen LogP) is 3.46. The molecule has 0 bridgehead atoms. The summed E-state index contributed by atoms with van der Waals surface area (Å²) < 4.78 is 2.00. The van der Waals surface area contributed by atoms with Gasteiger partial charge in [0.05, 0.1) is 17.4 Å². The van der Waals surface area contributed by atoms with Crippen LogP contribution in [0, 0.1) is 12.8 Å². The molecule has 3 heteroatoms. The fourth-order valence-corrected chi connectivity index (χ4v) is 2.62. The summed E-state index contributed by atoms with van der Waals surface area (Å²) in [7, 11) is 0. The lowest BCUT2D eigenvalue weighted by Gasteiger charge is -2.15. The van der Waals surface area contributed by atoms with Crippen molar-refractivity contribution >= 4 is 0 Å². The second-order valence-corrected chi connectivity index (χ2v) is 5.85. The molecule has 1 atom stereocenters. The Bertz CT molecular complexity index is 569. The smallest absolute Gasteiger partial charge is 0.0723 e. The zero-order valence-electron chi connectivity index (χ0n) is 12.9. The molecular formula is C17H25N3. The van der Waals surface area contributed by atoms with Crippen LogP contribution in [0.5, 0.6) is 0 Å². The Morgan fingerprint density at radius 3 is 2.65 bits per heavy atom. The zero-order valence-corrected chi connectivity index (χ0v) is 12.9. The van der Waals surface area contributed by atoms with E-state index in [0.29, 0.717) is 5.92 Å². The standard InChI is InChI=1S/C17H25N3/c1-5-20-16(10-13(4)19-20)17(18)15-8-6-7-14(11-15)9-12(2)3/h6-8,10-12,17H,5,9,18H2,1-4H3. The van der Waals surface area contributed by atoms with E-state index < -0.39 is 0 Å². The lowest BCUT2D eigenvalue weighted by atomic mass is 9.97. The van der Waals surface area contributed by atoms with Gasteiger partial charge >= 0.3 is 0 Å². The lowest BCUT2D eigenvalue weighted by molar-refractivity contribution is 0.596. The molecule has 1 unspecified atom stereocenters. The van der Waals surface area contributed by atoms with Crippen LogP contribution in [0.2, 0.25) is 0 Å². The van der Waals surface area contributed by atoms with Gasteiger partial charge in [-0.3, -0.25) is 4.68 Å². The topological polar surface area (TPSA) is 43.8 Å². The van der Waals surface area contributed by atoms with Gasteiger partial charge in [0.2, 0.25) is 0 Å². The second kappa shape index (κ2) is 6.23. The number of hydrogen-bond donors (Lipinski definition) is 1. The lowest BCUT2D eigenvalue weighted by Crippen LogP contribution is -2.17. The number of hydrogen-bond acceptors (Lipinski definition) is 2. The van der Waals surface area contributed by atoms with Gasteiger partial charge in [0.1, 0.15) is 0 Å². The fourth-order valence-electron chi connectivity index (χ4n) is 2.62. The van der Waals surface area contributed by atoms with Crippen LogP contribution in [0.3, 0.4) is 0 Å². The number of nitrogens with zero attached hydrogens (tertiary/aromatic N) is 2. The number of benzene rings is 1. The predicted molar refractivity (Wildman–Crippen MR) is 83.7 cm³/mol. The molecule has 2 aromatic rings. The minimum absolute atomic E-state index is 0.108. The highest BCUT2D eigenvalue weighted by molar-refractivity contribution is 5.32. The van der Waals surface area contributed by atoms with Crippen molar-refractivity contribution in [2.24, 2.45) is 11.7 Å². The average Bonchev–Trinajstić information content (AvgIpc) is 2.78. The molecule has 0 aliphatic rings. The van der Waals surface area contributed by atoms with Crippen molar-refractivity contribution in [3.63, 3.8) is 0 Å². The second-order valence-electron chi connectivity index (χ2n) is 5.85. The first-order valence-corrected chi connectivity index (χ1v) is 7.40. The van der Waals surface area contributed by atoms with Crippen LogP contribution in [-0.2, 0) is 13.0 Å². The van der Waals surface area contributed by atoms with Crippen LogP contribution in [-0.4, -0.2) is 9.78 Å². The SMILES string of the molecule is CCn1nc(C)cc1C(N)c1cccc(CC(C)C)c1. The van der Waals surface area contributed by atoms with Crippen molar-refractivity contribution in [2.45, 2.75) is 46.7 Å². The third-order valence-electron chi connectivity index (χ3n) is 3.51. The molecule has 0 fully saturated rings. The molecule has 0 saturated heterocycles. The van der Waals surface area contributed by atoms with E-state index in [9.17, 15) is 0 Å². The third kappa shape index (κ3) is 3.28. The molecule has 3 nitrogen and oxygen atoms in total. The quantitative estimate of drug-likeness (QED) is 0.905. The first-order chi connectivity index (χ1) is 9.51. The van der Waals surface area contributed by atoms with Crippen LogP contribution in [0.4, 0.5) is 0 Å². The van der Waals surface area contributed by atoms with Gasteiger partial charge < -0.3 is 5.73 Å². The van der Waals surface area contributed by atoms with Crippen molar-refractivity contribution in [3.05, 3.63) is 52.8 Å². The maximum atomic E-state index is 6.44. The van der Waals surface area contributed by atoms with Gasteiger partial charge in [-0.2, -0.15) is 5.10 Å². The Balaban J connectivity index is 2.30. The summed E-state index contributed by atoms with van der Waals surface area (Å²) in [6, 6.07) is 10.6. The van der Waals surface area contributed by atoms with Crippen LogP contribution in [0.25, 0.3) is 0 Å². The number of nitrogens with two attached hydrogens (primary N) is 1. The van der Waals surface area contributed by atoms with Crippen molar-refractivity contribution in [3.8, 4) is 0 Å². The van der Waals surface area contributed by atoms with E-state index >= 15 is 0 Å². The Morgan fingerprint density at radius 2 is 2.00 bits per heavy atom. The molecule has 0 saturated carbocycles. The van der Waals surface area contributed by atoms with E-state index in [1.165, 1.54) is 5.56 Å². The number of rotatable bonds is 5. The fraction of sp³-hybridized carbons (Fsp3) is 0.471. The van der Waals surface area contributed by atoms with Crippen LogP contribution < -0.4 is 5.73 Å². The number of aryl methyl sites for hydroxylation is 2. The highest BCUT2D eigenvalue weighted by Crippen LogP contribution is 2.22. The molecule has 1 heterocycles. The van der Waals surface area contributed by atoms with Gasteiger partial charge in [-0.25, -0.2) is 0 Å². The Hall–Kier alpha value is -1.61. The summed E-state index contributed by atoms with van der Waals surface area (Å²) >= 11 is 0. The molecule has 0 amide bonds. The highest BCUT2D eigenvalue weighted by atomic mass is 15.3. The Morgan fingerprint density at radius 1 is 1.25 bits per heavy atom. The molecule has 108 valence electrons. The van der Waals surface area contributed by atoms with Crippen LogP contribution >= 0.6 is 0 Å². The normalized spacial score (nSPS) is 12.9. The van der Waals surface area contributed by atoms with Crippen molar-refractivity contribution in [1.82, 2.24) is 9.78 Å². The summed E-state index contributed by atoms with van der Waals surface area (Å²) in [6.45, 7) is 9.43. The number of aromatic nitrogens is 2. The monoisotopic (exact) mass is 271 g/mol. The third-order valence-corrected chi connectivity index (χ3v) is 3.51. The van der Waals surface area contributed by atoms with Gasteiger partial charge in [0.25, 0.3) is 0 Å². The van der Waals surface area contributed by atoms with Crippen molar-refractivity contribution < 1.29 is 0 Å². The summed E-state index contributed by atoms with van der Waals surface area (Å²) in [6.07, 6.45) is 1.09. The van der Waals surface area contributed by atoms with Gasteiger partial charge in [-0.15, -0.1) is 0 Å². The van der Waals surface area contributed by atoms with E-state index in [2.05, 4.69) is 56.2 Å². The average molecular weight is 271 g/mol. The van der Waals surface area contributed by atoms with E-state index in [1.807, 2.05) is 11.6 Å². The summed E-state index contributed by atoms with van der Waals surface area (Å²) in [4.78, 5) is 0. The first kappa shape index (κ1) is 14.8. The molecule has 1 aromatic carbocycles. The molecule has 0 aliphatic heterocycles. The van der Waals surface area contributed by atoms with E-state index in [4.69, 9.17) is 5.73 Å². The Labute approximate surface area is 121 Å². The molecule has 0 aliphatic carbocycles. The maximum Gasteiger partial charge on any atom is 0.0723 e. The molecule has 2 N–H and O–H groups in total. The largest absolute Gasteiger partial charge is 0.319 e. The molecular weight excluding hydrogens is 246 g/mol. The molecule has 1 aromatic heterocycles. The van der Waals surface area contributed by atoms with Crippen LogP contribution in [0.1, 0.15) is 49.3 Å². The molecule has 20 heavy (non-hydrogen) atoms. The molecule has 0 spiro atoms. The molecule has 0 radical (unpaired) electrons. The van der Waals surface area contributed by atoms with Crippen molar-refractivity contribution in [1.29, 1.82) is 0 Å². The van der Waals surface area contributed by atoms with Crippen LogP contribution in [0.15, 0.2) is 30.3 Å². The summed E-state index contributed by atoms with van der Waals surface area (Å²) in [5.74, 6) is 0.657. The first-order valence-electron chi connectivity index (χ1n) is 7.40. The van der Waals surface area contributed by atoms with Gasteiger partial charge in [0, 0.05) is 6.54 Å². The van der Waals surface area contributed by atoms with E-state index in [-0.39, 0.29) is 6.04 Å². The minimum Gasteiger partial charge on any atom is -0.319 e. The highest BCUT2D eigenvalue weighted by Gasteiger charge is 2.15. The summed E-state index contributed by atoms with van der Waals surface area (Å²) in [5.41, 5.74) is 11.1. The minimum atomic E-state index is -0.108. The van der Waals surface area contributed by atoms with Crippen molar-refractivity contribution in [2.75, 3.05) is 0 Å².